The summed E-state index contributed by atoms with van der Waals surface area (Å²) < 4.78 is 25.4. The van der Waals surface area contributed by atoms with E-state index >= 15 is 0 Å². The largest absolute Gasteiger partial charge is 0.480 e. The lowest BCUT2D eigenvalue weighted by Gasteiger charge is -2.19. The van der Waals surface area contributed by atoms with E-state index in [1.54, 1.807) is 24.3 Å². The maximum absolute atomic E-state index is 12.2. The van der Waals surface area contributed by atoms with Crippen LogP contribution in [0.2, 0.25) is 0 Å². The van der Waals surface area contributed by atoms with Gasteiger partial charge in [-0.25, -0.2) is 8.42 Å². The van der Waals surface area contributed by atoms with Crippen LogP contribution in [-0.2, 0) is 20.6 Å². The third-order valence-corrected chi connectivity index (χ3v) is 5.65. The van der Waals surface area contributed by atoms with E-state index in [0.717, 1.165) is 4.31 Å². The van der Waals surface area contributed by atoms with E-state index < -0.39 is 22.0 Å². The van der Waals surface area contributed by atoms with Crippen molar-refractivity contribution in [2.24, 2.45) is 0 Å². The lowest BCUT2D eigenvalue weighted by molar-refractivity contribution is -0.140. The van der Waals surface area contributed by atoms with Gasteiger partial charge in [0.05, 0.1) is 11.6 Å². The minimum atomic E-state index is -3.58. The molecule has 0 radical (unpaired) electrons. The fourth-order valence-electron chi connectivity index (χ4n) is 1.76. The van der Waals surface area contributed by atoms with Crippen molar-refractivity contribution in [2.75, 3.05) is 11.6 Å². The Morgan fingerprint density at radius 2 is 2.06 bits per heavy atom. The van der Waals surface area contributed by atoms with E-state index in [4.69, 9.17) is 5.11 Å². The van der Waals surface area contributed by atoms with Crippen LogP contribution >= 0.6 is 11.8 Å². The topological polar surface area (TPSA) is 74.7 Å². The first-order valence-electron chi connectivity index (χ1n) is 5.35. The summed E-state index contributed by atoms with van der Waals surface area (Å²) >= 11 is 1.32. The first-order chi connectivity index (χ1) is 8.50. The van der Waals surface area contributed by atoms with Crippen molar-refractivity contribution in [1.29, 1.82) is 0 Å². The molecule has 98 valence electrons. The maximum Gasteiger partial charge on any atom is 0.322 e. The third kappa shape index (κ3) is 2.85. The van der Waals surface area contributed by atoms with Crippen LogP contribution in [0.4, 0.5) is 0 Å². The molecule has 0 bridgehead atoms. The monoisotopic (exact) mass is 287 g/mol. The van der Waals surface area contributed by atoms with Crippen molar-refractivity contribution in [2.45, 2.75) is 11.8 Å². The van der Waals surface area contributed by atoms with E-state index in [2.05, 4.69) is 0 Å². The number of aliphatic carboxylic acids is 1. The molecule has 0 spiro atoms. The quantitative estimate of drug-likeness (QED) is 0.893. The number of nitrogens with zero attached hydrogens (tertiary/aromatic N) is 1. The molecule has 1 aliphatic rings. The smallest absolute Gasteiger partial charge is 0.322 e. The van der Waals surface area contributed by atoms with E-state index in [1.165, 1.54) is 11.8 Å². The Bertz CT molecular complexity index is 529. The van der Waals surface area contributed by atoms with E-state index in [9.17, 15) is 13.2 Å². The number of thioether (sulfide) groups is 1. The van der Waals surface area contributed by atoms with Gasteiger partial charge in [0.25, 0.3) is 0 Å². The highest BCUT2D eigenvalue weighted by atomic mass is 32.2. The van der Waals surface area contributed by atoms with Crippen LogP contribution < -0.4 is 0 Å². The lowest BCUT2D eigenvalue weighted by atomic mass is 10.2. The zero-order valence-electron chi connectivity index (χ0n) is 9.52. The summed E-state index contributed by atoms with van der Waals surface area (Å²) in [6.07, 6.45) is 0. The number of carboxylic acid groups (broad SMARTS) is 1. The molecular formula is C11H13NO4S2. The number of sulfonamides is 1. The van der Waals surface area contributed by atoms with Gasteiger partial charge in [-0.3, -0.25) is 4.79 Å². The molecule has 0 unspecified atom stereocenters. The summed E-state index contributed by atoms with van der Waals surface area (Å²) in [4.78, 5) is 11.0. The molecule has 5 nitrogen and oxygen atoms in total. The summed E-state index contributed by atoms with van der Waals surface area (Å²) in [5.74, 6) is -0.718. The highest BCUT2D eigenvalue weighted by Crippen LogP contribution is 2.26. The van der Waals surface area contributed by atoms with E-state index in [0.29, 0.717) is 11.3 Å². The fourth-order valence-corrected chi connectivity index (χ4v) is 5.07. The molecule has 1 aliphatic heterocycles. The number of hydrogen-bond acceptors (Lipinski definition) is 4. The zero-order valence-corrected chi connectivity index (χ0v) is 11.2. The van der Waals surface area contributed by atoms with Gasteiger partial charge >= 0.3 is 5.97 Å². The Kier molecular flexibility index (Phi) is 3.94. The maximum atomic E-state index is 12.2. The fraction of sp³-hybridized carbons (Fsp3) is 0.364. The molecule has 1 N–H and O–H groups in total. The molecule has 2 rings (SSSR count). The number of rotatable bonds is 4. The number of hydrogen-bond donors (Lipinski definition) is 1. The Morgan fingerprint density at radius 3 is 2.67 bits per heavy atom. The Labute approximate surface area is 110 Å². The van der Waals surface area contributed by atoms with Crippen molar-refractivity contribution in [3.05, 3.63) is 35.9 Å². The minimum absolute atomic E-state index is 0.155. The Morgan fingerprint density at radius 1 is 1.39 bits per heavy atom. The molecule has 1 fully saturated rings. The van der Waals surface area contributed by atoms with Crippen LogP contribution in [0.15, 0.2) is 30.3 Å². The lowest BCUT2D eigenvalue weighted by Crippen LogP contribution is -2.42. The molecule has 0 aliphatic carbocycles. The molecule has 0 amide bonds. The van der Waals surface area contributed by atoms with Gasteiger partial charge in [0.1, 0.15) is 6.04 Å². The predicted octanol–water partition coefficient (Wildman–Crippen LogP) is 0.976. The van der Waals surface area contributed by atoms with Gasteiger partial charge in [-0.1, -0.05) is 30.3 Å². The highest BCUT2D eigenvalue weighted by Gasteiger charge is 2.39. The number of carbonyl (C=O) groups is 1. The molecule has 1 heterocycles. The van der Waals surface area contributed by atoms with Crippen LogP contribution in [0.25, 0.3) is 0 Å². The number of benzene rings is 1. The Hall–Kier alpha value is -1.05. The molecule has 1 aromatic rings. The zero-order chi connectivity index (χ0) is 13.2. The second kappa shape index (κ2) is 5.29. The van der Waals surface area contributed by atoms with Crippen molar-refractivity contribution < 1.29 is 18.3 Å². The van der Waals surface area contributed by atoms with Crippen LogP contribution in [0.3, 0.4) is 0 Å². The average Bonchev–Trinajstić information content (AvgIpc) is 2.79. The standard InChI is InChI=1S/C11H13NO4S2/c13-11(14)10-6-17-8-12(10)18(15,16)7-9-4-2-1-3-5-9/h1-5,10H,6-8H2,(H,13,14)/t10-/m0/s1. The first kappa shape index (κ1) is 13.4. The van der Waals surface area contributed by atoms with Crippen molar-refractivity contribution in [3.8, 4) is 0 Å². The second-order valence-corrected chi connectivity index (χ2v) is 6.90. The van der Waals surface area contributed by atoms with Crippen molar-refractivity contribution in [3.63, 3.8) is 0 Å². The van der Waals surface area contributed by atoms with Gasteiger partial charge in [0.15, 0.2) is 0 Å². The van der Waals surface area contributed by atoms with Gasteiger partial charge in [-0.15, -0.1) is 11.8 Å². The summed E-state index contributed by atoms with van der Waals surface area (Å²) in [6, 6.07) is 7.83. The third-order valence-electron chi connectivity index (χ3n) is 2.68. The molecular weight excluding hydrogens is 274 g/mol. The normalized spacial score (nSPS) is 21.0. The number of carboxylic acids is 1. The van der Waals surface area contributed by atoms with Crippen molar-refractivity contribution in [1.82, 2.24) is 4.31 Å². The summed E-state index contributed by atoms with van der Waals surface area (Å²) in [5, 5.41) is 8.99. The van der Waals surface area contributed by atoms with Gasteiger partial charge in [-0.05, 0) is 5.56 Å². The second-order valence-electron chi connectivity index (χ2n) is 3.98. The van der Waals surface area contributed by atoms with Gasteiger partial charge in [0.2, 0.25) is 10.0 Å². The highest BCUT2D eigenvalue weighted by molar-refractivity contribution is 8.00. The molecule has 18 heavy (non-hydrogen) atoms. The molecule has 0 saturated carbocycles. The summed E-state index contributed by atoms with van der Waals surface area (Å²) in [7, 11) is -3.58. The van der Waals surface area contributed by atoms with Crippen LogP contribution in [-0.4, -0.2) is 41.5 Å². The van der Waals surface area contributed by atoms with E-state index in [1.807, 2.05) is 6.07 Å². The SMILES string of the molecule is O=C(O)[C@@H]1CSCN1S(=O)(=O)Cc1ccccc1. The van der Waals surface area contributed by atoms with Crippen LogP contribution in [0, 0.1) is 0 Å². The van der Waals surface area contributed by atoms with Crippen LogP contribution in [0.1, 0.15) is 5.56 Å². The van der Waals surface area contributed by atoms with Gasteiger partial charge in [0, 0.05) is 5.75 Å². The molecule has 1 saturated heterocycles. The van der Waals surface area contributed by atoms with Gasteiger partial charge < -0.3 is 5.11 Å². The summed E-state index contributed by atoms with van der Waals surface area (Å²) in [6.45, 7) is 0. The molecule has 0 aromatic heterocycles. The van der Waals surface area contributed by atoms with E-state index in [-0.39, 0.29) is 11.6 Å². The first-order valence-corrected chi connectivity index (χ1v) is 8.11. The Balaban J connectivity index is 2.19. The molecule has 7 heteroatoms. The van der Waals surface area contributed by atoms with Crippen LogP contribution in [0.5, 0.6) is 0 Å². The predicted molar refractivity (Wildman–Crippen MR) is 69.7 cm³/mol. The van der Waals surface area contributed by atoms with Crippen molar-refractivity contribution >= 4 is 27.8 Å². The minimum Gasteiger partial charge on any atom is -0.480 e. The van der Waals surface area contributed by atoms with Gasteiger partial charge in [-0.2, -0.15) is 4.31 Å². The summed E-state index contributed by atoms with van der Waals surface area (Å²) in [5.41, 5.74) is 0.665. The molecule has 1 aromatic carbocycles. The molecule has 1 atom stereocenters. The average molecular weight is 287 g/mol.